The van der Waals surface area contributed by atoms with Crippen molar-refractivity contribution in [3.05, 3.63) is 0 Å². The molecule has 0 N–H and O–H groups in total. The Morgan fingerprint density at radius 3 is 2.40 bits per heavy atom. The first kappa shape index (κ1) is 11.0. The molecule has 0 aromatic carbocycles. The van der Waals surface area contributed by atoms with E-state index in [2.05, 4.69) is 20.5 Å². The fraction of sp³-hybridized carbons (Fsp3) is 1.00. The van der Waals surface area contributed by atoms with Gasteiger partial charge in [0.15, 0.2) is 0 Å². The van der Waals surface area contributed by atoms with Crippen molar-refractivity contribution in [2.45, 2.75) is 26.7 Å². The topological polar surface area (TPSA) is 0 Å². The summed E-state index contributed by atoms with van der Waals surface area (Å²) in [5, 5.41) is -0.953. The lowest BCUT2D eigenvalue weighted by molar-refractivity contribution is 0.898. The van der Waals surface area contributed by atoms with E-state index in [9.17, 15) is 0 Å². The van der Waals surface area contributed by atoms with Crippen LogP contribution in [0.2, 0.25) is 0 Å². The summed E-state index contributed by atoms with van der Waals surface area (Å²) in [5.74, 6) is 1.28. The summed E-state index contributed by atoms with van der Waals surface area (Å²) in [6, 6.07) is 0. The molecule has 0 heterocycles. The average Bonchev–Trinajstić information content (AvgIpc) is 1.89. The molecule has 62 valence electrons. The number of hydrogen-bond donors (Lipinski definition) is 0. The molecular weight excluding hydrogens is 179 g/mol. The Morgan fingerprint density at radius 2 is 2.00 bits per heavy atom. The second-order valence-electron chi connectivity index (χ2n) is 2.52. The second-order valence-corrected chi connectivity index (χ2v) is 12.1. The van der Waals surface area contributed by atoms with Crippen LogP contribution in [0.4, 0.5) is 0 Å². The fourth-order valence-corrected chi connectivity index (χ4v) is 4.24. The van der Waals surface area contributed by atoms with Crippen LogP contribution in [0.3, 0.4) is 0 Å². The highest BCUT2D eigenvalue weighted by molar-refractivity contribution is 8.70. The first-order chi connectivity index (χ1) is 4.62. The first-order valence-electron chi connectivity index (χ1n) is 3.83. The molecule has 0 aliphatic heterocycles. The third kappa shape index (κ3) is 5.76. The number of hydrogen-bond acceptors (Lipinski definition) is 2. The van der Waals surface area contributed by atoms with Gasteiger partial charge in [0, 0.05) is 5.24 Å². The Hall–Kier alpha value is 1.00. The van der Waals surface area contributed by atoms with Gasteiger partial charge in [-0.2, -0.15) is 0 Å². The minimum absolute atomic E-state index is 0.953. The minimum Gasteiger partial charge on any atom is -0.124 e. The molecule has 0 saturated heterocycles. The van der Waals surface area contributed by atoms with Crippen molar-refractivity contribution in [3.8, 4) is 0 Å². The van der Waals surface area contributed by atoms with Crippen LogP contribution in [0.1, 0.15) is 26.7 Å². The minimum atomic E-state index is -0.953. The Morgan fingerprint density at radius 1 is 1.40 bits per heavy atom. The predicted molar refractivity (Wildman–Crippen MR) is 58.1 cm³/mol. The lowest BCUT2D eigenvalue weighted by atomic mass is 10.4. The van der Waals surface area contributed by atoms with Crippen molar-refractivity contribution in [3.63, 3.8) is 0 Å². The normalized spacial score (nSPS) is 16.7. The smallest absolute Gasteiger partial charge is 0.00337 e. The second kappa shape index (κ2) is 5.62. The van der Waals surface area contributed by atoms with E-state index in [0.29, 0.717) is 0 Å². The van der Waals surface area contributed by atoms with Crippen LogP contribution < -0.4 is 0 Å². The molecule has 0 aromatic rings. The lowest BCUT2D eigenvalue weighted by Crippen LogP contribution is -1.80. The fourth-order valence-electron chi connectivity index (χ4n) is 0.493. The monoisotopic (exact) mass is 196 g/mol. The van der Waals surface area contributed by atoms with E-state index in [1.165, 1.54) is 24.8 Å². The van der Waals surface area contributed by atoms with Crippen LogP contribution in [-0.4, -0.2) is 18.6 Å². The van der Waals surface area contributed by atoms with E-state index in [1.54, 1.807) is 0 Å². The van der Waals surface area contributed by atoms with E-state index >= 15 is 0 Å². The van der Waals surface area contributed by atoms with Gasteiger partial charge in [0.05, 0.1) is 0 Å². The quantitative estimate of drug-likeness (QED) is 0.487. The zero-order valence-corrected chi connectivity index (χ0v) is 9.62. The predicted octanol–water partition coefficient (Wildman–Crippen LogP) is 3.56. The number of rotatable bonds is 5. The van der Waals surface area contributed by atoms with Crippen LogP contribution in [0, 0.1) is 0 Å². The van der Waals surface area contributed by atoms with Gasteiger partial charge in [0.2, 0.25) is 0 Å². The van der Waals surface area contributed by atoms with E-state index in [0.717, 1.165) is 0 Å². The maximum absolute atomic E-state index is 5.43. The summed E-state index contributed by atoms with van der Waals surface area (Å²) < 4.78 is 0. The molecule has 0 fully saturated rings. The molecule has 0 aliphatic rings. The van der Waals surface area contributed by atoms with Crippen LogP contribution in [-0.2, 0) is 11.8 Å². The lowest BCUT2D eigenvalue weighted by Gasteiger charge is -2.12. The molecule has 0 spiro atoms. The van der Waals surface area contributed by atoms with E-state index in [4.69, 9.17) is 11.8 Å². The summed E-state index contributed by atoms with van der Waals surface area (Å²) in [6.07, 6.45) is 3.83. The molecular formula is C7H17PS2. The Labute approximate surface area is 73.9 Å². The van der Waals surface area contributed by atoms with Crippen LogP contribution >= 0.6 is 16.6 Å². The standard InChI is InChI=1S/C7H17PS2/c1-4-6-7-10-8(3,9)5-2/h4-7H2,1-3H3. The molecule has 10 heavy (non-hydrogen) atoms. The van der Waals surface area contributed by atoms with Crippen LogP contribution in [0.15, 0.2) is 0 Å². The van der Waals surface area contributed by atoms with Gasteiger partial charge in [0.25, 0.3) is 0 Å². The molecule has 0 nitrogen and oxygen atoms in total. The van der Waals surface area contributed by atoms with Gasteiger partial charge in [0.1, 0.15) is 0 Å². The van der Waals surface area contributed by atoms with Crippen molar-refractivity contribution >= 4 is 28.4 Å². The van der Waals surface area contributed by atoms with Gasteiger partial charge >= 0.3 is 0 Å². The molecule has 1 atom stereocenters. The maximum Gasteiger partial charge on any atom is 0.00337 e. The Bertz CT molecular complexity index is 123. The SMILES string of the molecule is CCCCSP(C)(=S)CC. The molecule has 0 rings (SSSR count). The largest absolute Gasteiger partial charge is 0.124 e. The highest BCUT2D eigenvalue weighted by Crippen LogP contribution is 2.55. The van der Waals surface area contributed by atoms with Crippen molar-refractivity contribution in [1.82, 2.24) is 0 Å². The van der Waals surface area contributed by atoms with Gasteiger partial charge in [-0.05, 0) is 25.0 Å². The summed E-state index contributed by atoms with van der Waals surface area (Å²) in [4.78, 5) is 0. The summed E-state index contributed by atoms with van der Waals surface area (Å²) >= 11 is 7.46. The molecule has 3 heteroatoms. The van der Waals surface area contributed by atoms with E-state index in [-0.39, 0.29) is 0 Å². The van der Waals surface area contributed by atoms with Crippen molar-refractivity contribution in [2.75, 3.05) is 18.6 Å². The molecule has 0 bridgehead atoms. The summed E-state index contributed by atoms with van der Waals surface area (Å²) in [5.41, 5.74) is 0. The highest BCUT2D eigenvalue weighted by atomic mass is 32.9. The third-order valence-corrected chi connectivity index (χ3v) is 8.29. The summed E-state index contributed by atoms with van der Waals surface area (Å²) in [7, 11) is 0. The maximum atomic E-state index is 5.43. The zero-order valence-electron chi connectivity index (χ0n) is 7.09. The highest BCUT2D eigenvalue weighted by Gasteiger charge is 2.05. The summed E-state index contributed by atoms with van der Waals surface area (Å²) in [6.45, 7) is 6.69. The van der Waals surface area contributed by atoms with Gasteiger partial charge < -0.3 is 0 Å². The Balaban J connectivity index is 3.38. The zero-order chi connectivity index (χ0) is 8.04. The average molecular weight is 196 g/mol. The molecule has 0 saturated carbocycles. The molecule has 0 radical (unpaired) electrons. The van der Waals surface area contributed by atoms with E-state index < -0.39 is 5.24 Å². The molecule has 1 unspecified atom stereocenters. The van der Waals surface area contributed by atoms with Crippen LogP contribution in [0.5, 0.6) is 0 Å². The van der Waals surface area contributed by atoms with Gasteiger partial charge in [-0.25, -0.2) is 0 Å². The Kier molecular flexibility index (Phi) is 6.19. The van der Waals surface area contributed by atoms with E-state index in [1.807, 2.05) is 11.4 Å². The third-order valence-electron chi connectivity index (χ3n) is 1.44. The molecule has 0 amide bonds. The van der Waals surface area contributed by atoms with Gasteiger partial charge in [-0.15, -0.1) is 11.4 Å². The van der Waals surface area contributed by atoms with Crippen molar-refractivity contribution in [2.24, 2.45) is 0 Å². The molecule has 0 aliphatic carbocycles. The number of unbranched alkanes of at least 4 members (excludes halogenated alkanes) is 1. The van der Waals surface area contributed by atoms with Gasteiger partial charge in [-0.1, -0.05) is 32.1 Å². The van der Waals surface area contributed by atoms with Crippen molar-refractivity contribution < 1.29 is 0 Å². The van der Waals surface area contributed by atoms with Gasteiger partial charge in [-0.3, -0.25) is 0 Å². The molecule has 0 aromatic heterocycles. The van der Waals surface area contributed by atoms with Crippen molar-refractivity contribution in [1.29, 1.82) is 0 Å². The first-order valence-corrected chi connectivity index (χ1v) is 8.86. The van der Waals surface area contributed by atoms with Crippen LogP contribution in [0.25, 0.3) is 0 Å².